The van der Waals surface area contributed by atoms with Crippen LogP contribution in [0.5, 0.6) is 0 Å². The van der Waals surface area contributed by atoms with Gasteiger partial charge in [-0.15, -0.1) is 0 Å². The second-order valence-corrected chi connectivity index (χ2v) is 7.47. The van der Waals surface area contributed by atoms with Gasteiger partial charge in [0, 0.05) is 57.6 Å². The van der Waals surface area contributed by atoms with Gasteiger partial charge in [0.2, 0.25) is 5.91 Å². The van der Waals surface area contributed by atoms with E-state index in [9.17, 15) is 9.59 Å². The minimum Gasteiger partial charge on any atom is -0.359 e. The summed E-state index contributed by atoms with van der Waals surface area (Å²) in [6.07, 6.45) is 4.48. The van der Waals surface area contributed by atoms with Crippen molar-refractivity contribution in [2.75, 3.05) is 33.2 Å². The van der Waals surface area contributed by atoms with E-state index in [1.165, 1.54) is 24.3 Å². The first-order chi connectivity index (χ1) is 13.1. The lowest BCUT2D eigenvalue weighted by Gasteiger charge is -2.50. The highest BCUT2D eigenvalue weighted by atomic mass is 16.2. The van der Waals surface area contributed by atoms with Crippen molar-refractivity contribution in [1.29, 1.82) is 0 Å². The molecule has 2 amide bonds. The number of carbonyl (C=O) groups is 2. The van der Waals surface area contributed by atoms with E-state index >= 15 is 0 Å². The lowest BCUT2D eigenvalue weighted by molar-refractivity contribution is -0.130. The predicted molar refractivity (Wildman–Crippen MR) is 99.6 cm³/mol. The van der Waals surface area contributed by atoms with Crippen LogP contribution in [0, 0.1) is 11.3 Å². The van der Waals surface area contributed by atoms with Crippen molar-refractivity contribution in [2.45, 2.75) is 6.54 Å². The molecule has 3 heterocycles. The number of amides is 2. The number of nitrogens with one attached hydrogen (secondary N) is 1. The Hall–Kier alpha value is -2.80. The normalized spacial score (nSPS) is 21.1. The number of rotatable bonds is 4. The number of benzene rings is 1. The van der Waals surface area contributed by atoms with E-state index in [0.29, 0.717) is 25.2 Å². The molecule has 2 saturated heterocycles. The lowest BCUT2D eigenvalue weighted by Crippen LogP contribution is -2.63. The molecule has 0 aliphatic carbocycles. The minimum absolute atomic E-state index is 0.0562. The molecule has 2 fully saturated rings. The van der Waals surface area contributed by atoms with E-state index < -0.39 is 0 Å². The van der Waals surface area contributed by atoms with Crippen LogP contribution in [0.4, 0.5) is 0 Å². The molecule has 1 atom stereocenters. The molecular weight excluding hydrogens is 342 g/mol. The van der Waals surface area contributed by atoms with E-state index in [2.05, 4.69) is 32.3 Å². The fourth-order valence-corrected chi connectivity index (χ4v) is 4.34. The van der Waals surface area contributed by atoms with Crippen molar-refractivity contribution in [1.82, 2.24) is 25.1 Å². The number of aromatic nitrogens is 2. The first-order valence-electron chi connectivity index (χ1n) is 9.13. The summed E-state index contributed by atoms with van der Waals surface area (Å²) in [4.78, 5) is 37.1. The SMILES string of the molecule is CNC(=O)C1CN(Cc2ccccc2)CC12CN(C(=O)c1cncnc1)C2. The zero-order chi connectivity index (χ0) is 18.9. The second-order valence-electron chi connectivity index (χ2n) is 7.47. The van der Waals surface area contributed by atoms with E-state index in [1.807, 2.05) is 18.2 Å². The Labute approximate surface area is 158 Å². The molecule has 1 aromatic heterocycles. The Morgan fingerprint density at radius 2 is 1.85 bits per heavy atom. The van der Waals surface area contributed by atoms with Crippen LogP contribution in [-0.4, -0.2) is 64.8 Å². The maximum absolute atomic E-state index is 12.6. The summed E-state index contributed by atoms with van der Waals surface area (Å²) in [6, 6.07) is 10.3. The van der Waals surface area contributed by atoms with Crippen molar-refractivity contribution < 1.29 is 9.59 Å². The number of likely N-dealkylation sites (tertiary alicyclic amines) is 2. The topological polar surface area (TPSA) is 78.4 Å². The first-order valence-corrected chi connectivity index (χ1v) is 9.13. The third-order valence-electron chi connectivity index (χ3n) is 5.64. The van der Waals surface area contributed by atoms with Crippen LogP contribution in [0.15, 0.2) is 49.1 Å². The minimum atomic E-state index is -0.180. The van der Waals surface area contributed by atoms with Gasteiger partial charge >= 0.3 is 0 Å². The number of nitrogens with zero attached hydrogens (tertiary/aromatic N) is 4. The van der Waals surface area contributed by atoms with Crippen LogP contribution in [0.1, 0.15) is 15.9 Å². The summed E-state index contributed by atoms with van der Waals surface area (Å²) in [5.74, 6) is -0.124. The van der Waals surface area contributed by atoms with E-state index in [-0.39, 0.29) is 23.1 Å². The van der Waals surface area contributed by atoms with Gasteiger partial charge in [-0.25, -0.2) is 9.97 Å². The van der Waals surface area contributed by atoms with Gasteiger partial charge in [-0.2, -0.15) is 0 Å². The molecule has 0 saturated carbocycles. The van der Waals surface area contributed by atoms with Crippen molar-refractivity contribution in [2.24, 2.45) is 11.3 Å². The fraction of sp³-hybridized carbons (Fsp3) is 0.400. The maximum Gasteiger partial charge on any atom is 0.257 e. The molecular formula is C20H23N5O2. The Kier molecular flexibility index (Phi) is 4.61. The average Bonchev–Trinajstić information content (AvgIpc) is 3.06. The van der Waals surface area contributed by atoms with Gasteiger partial charge in [-0.05, 0) is 5.56 Å². The summed E-state index contributed by atoms with van der Waals surface area (Å²) in [6.45, 7) is 3.52. The molecule has 140 valence electrons. The van der Waals surface area contributed by atoms with E-state index in [0.717, 1.165) is 13.1 Å². The van der Waals surface area contributed by atoms with Crippen LogP contribution in [0.2, 0.25) is 0 Å². The molecule has 1 unspecified atom stereocenters. The molecule has 1 spiro atoms. The Bertz CT molecular complexity index is 821. The van der Waals surface area contributed by atoms with Crippen molar-refractivity contribution in [3.8, 4) is 0 Å². The highest BCUT2D eigenvalue weighted by Crippen LogP contribution is 2.44. The van der Waals surface area contributed by atoms with Gasteiger partial charge < -0.3 is 10.2 Å². The summed E-state index contributed by atoms with van der Waals surface area (Å²) in [5, 5.41) is 2.80. The summed E-state index contributed by atoms with van der Waals surface area (Å²) >= 11 is 0. The van der Waals surface area contributed by atoms with Crippen LogP contribution in [0.25, 0.3) is 0 Å². The molecule has 7 heteroatoms. The second kappa shape index (κ2) is 7.08. The monoisotopic (exact) mass is 365 g/mol. The van der Waals surface area contributed by atoms with Gasteiger partial charge in [0.05, 0.1) is 11.5 Å². The van der Waals surface area contributed by atoms with Gasteiger partial charge in [0.25, 0.3) is 5.91 Å². The van der Waals surface area contributed by atoms with Gasteiger partial charge in [0.15, 0.2) is 0 Å². The third kappa shape index (κ3) is 3.30. The maximum atomic E-state index is 12.6. The Morgan fingerprint density at radius 3 is 2.52 bits per heavy atom. The lowest BCUT2D eigenvalue weighted by atomic mass is 9.71. The molecule has 1 N–H and O–H groups in total. The summed E-state index contributed by atoms with van der Waals surface area (Å²) < 4.78 is 0. The molecule has 1 aromatic carbocycles. The zero-order valence-corrected chi connectivity index (χ0v) is 15.3. The van der Waals surface area contributed by atoms with Crippen LogP contribution in [0.3, 0.4) is 0 Å². The van der Waals surface area contributed by atoms with E-state index in [4.69, 9.17) is 0 Å². The highest BCUT2D eigenvalue weighted by Gasteiger charge is 2.57. The molecule has 2 aromatic rings. The molecule has 7 nitrogen and oxygen atoms in total. The van der Waals surface area contributed by atoms with Crippen LogP contribution in [-0.2, 0) is 11.3 Å². The van der Waals surface area contributed by atoms with Crippen LogP contribution < -0.4 is 5.32 Å². The van der Waals surface area contributed by atoms with E-state index in [1.54, 1.807) is 11.9 Å². The highest BCUT2D eigenvalue weighted by molar-refractivity contribution is 5.94. The number of carbonyl (C=O) groups excluding carboxylic acids is 2. The molecule has 27 heavy (non-hydrogen) atoms. The smallest absolute Gasteiger partial charge is 0.257 e. The van der Waals surface area contributed by atoms with Crippen molar-refractivity contribution in [3.05, 3.63) is 60.2 Å². The third-order valence-corrected chi connectivity index (χ3v) is 5.64. The number of hydrogen-bond donors (Lipinski definition) is 1. The summed E-state index contributed by atoms with van der Waals surface area (Å²) in [7, 11) is 1.68. The Morgan fingerprint density at radius 1 is 1.15 bits per heavy atom. The largest absolute Gasteiger partial charge is 0.359 e. The first kappa shape index (κ1) is 17.6. The van der Waals surface area contributed by atoms with Gasteiger partial charge in [0.1, 0.15) is 6.33 Å². The molecule has 0 radical (unpaired) electrons. The average molecular weight is 365 g/mol. The zero-order valence-electron chi connectivity index (χ0n) is 15.3. The Balaban J connectivity index is 1.47. The quantitative estimate of drug-likeness (QED) is 0.867. The molecule has 0 bridgehead atoms. The fourth-order valence-electron chi connectivity index (χ4n) is 4.34. The summed E-state index contributed by atoms with van der Waals surface area (Å²) in [5.41, 5.74) is 1.54. The number of hydrogen-bond acceptors (Lipinski definition) is 5. The molecule has 4 rings (SSSR count). The van der Waals surface area contributed by atoms with Gasteiger partial charge in [-0.3, -0.25) is 14.5 Å². The molecule has 2 aliphatic heterocycles. The van der Waals surface area contributed by atoms with Crippen molar-refractivity contribution >= 4 is 11.8 Å². The standard InChI is InChI=1S/C20H23N5O2/c1-21-18(26)17-10-24(9-15-5-3-2-4-6-15)11-20(17)12-25(13-20)19(27)16-7-22-14-23-8-16/h2-8,14,17H,9-13H2,1H3,(H,21,26). The predicted octanol–water partition coefficient (Wildman–Crippen LogP) is 0.797. The van der Waals surface area contributed by atoms with Crippen molar-refractivity contribution in [3.63, 3.8) is 0 Å². The van der Waals surface area contributed by atoms with Crippen LogP contribution >= 0.6 is 0 Å². The molecule has 2 aliphatic rings. The van der Waals surface area contributed by atoms with Gasteiger partial charge in [-0.1, -0.05) is 30.3 Å².